The zero-order valence-corrected chi connectivity index (χ0v) is 15.9. The molecule has 1 heterocycles. The van der Waals surface area contributed by atoms with Crippen molar-refractivity contribution in [2.24, 2.45) is 0 Å². The van der Waals surface area contributed by atoms with Crippen LogP contribution in [0.4, 0.5) is 0 Å². The SMILES string of the molecule is CC1(C)OB(c2ccccc2C[Se]c2ccccc2)OC1(C)C. The monoisotopic (exact) mass is 374 g/mol. The van der Waals surface area contributed by atoms with Crippen LogP contribution < -0.4 is 9.92 Å². The molecule has 23 heavy (non-hydrogen) atoms. The Morgan fingerprint density at radius 1 is 0.826 bits per heavy atom. The van der Waals surface area contributed by atoms with Crippen molar-refractivity contribution in [3.8, 4) is 0 Å². The van der Waals surface area contributed by atoms with Crippen LogP contribution in [0.25, 0.3) is 0 Å². The van der Waals surface area contributed by atoms with E-state index in [1.165, 1.54) is 15.5 Å². The third-order valence-electron chi connectivity index (χ3n) is 4.70. The second-order valence-corrected chi connectivity index (χ2v) is 9.09. The van der Waals surface area contributed by atoms with Crippen molar-refractivity contribution in [3.63, 3.8) is 0 Å². The predicted molar refractivity (Wildman–Crippen MR) is 97.7 cm³/mol. The molecule has 0 N–H and O–H groups in total. The van der Waals surface area contributed by atoms with E-state index in [1.54, 1.807) is 0 Å². The first-order valence-corrected chi connectivity index (χ1v) is 10.1. The number of benzene rings is 2. The van der Waals surface area contributed by atoms with Crippen molar-refractivity contribution in [1.82, 2.24) is 0 Å². The van der Waals surface area contributed by atoms with Crippen LogP contribution in [0, 0.1) is 0 Å². The van der Waals surface area contributed by atoms with Gasteiger partial charge in [-0.15, -0.1) is 0 Å². The average Bonchev–Trinajstić information content (AvgIpc) is 2.75. The van der Waals surface area contributed by atoms with E-state index in [9.17, 15) is 0 Å². The van der Waals surface area contributed by atoms with Crippen molar-refractivity contribution in [2.45, 2.75) is 44.2 Å². The van der Waals surface area contributed by atoms with Gasteiger partial charge in [0.2, 0.25) is 0 Å². The fraction of sp³-hybridized carbons (Fsp3) is 0.368. The van der Waals surface area contributed by atoms with Gasteiger partial charge in [-0.1, -0.05) is 0 Å². The summed E-state index contributed by atoms with van der Waals surface area (Å²) in [5.41, 5.74) is 1.91. The summed E-state index contributed by atoms with van der Waals surface area (Å²) < 4.78 is 13.9. The van der Waals surface area contributed by atoms with Crippen LogP contribution in [-0.4, -0.2) is 33.3 Å². The maximum absolute atomic E-state index is 6.23. The van der Waals surface area contributed by atoms with Crippen LogP contribution in [0.5, 0.6) is 0 Å². The van der Waals surface area contributed by atoms with E-state index in [0.29, 0.717) is 15.0 Å². The molecule has 0 spiro atoms. The quantitative estimate of drug-likeness (QED) is 0.767. The maximum atomic E-state index is 6.23. The third-order valence-corrected chi connectivity index (χ3v) is 6.93. The van der Waals surface area contributed by atoms with Crippen molar-refractivity contribution in [1.29, 1.82) is 0 Å². The summed E-state index contributed by atoms with van der Waals surface area (Å²) in [4.78, 5) is 0. The minimum atomic E-state index is -0.296. The number of rotatable bonds is 4. The first kappa shape index (κ1) is 16.8. The van der Waals surface area contributed by atoms with E-state index >= 15 is 0 Å². The summed E-state index contributed by atoms with van der Waals surface area (Å²) in [6, 6.07) is 19.2. The van der Waals surface area contributed by atoms with Crippen LogP contribution >= 0.6 is 0 Å². The third kappa shape index (κ3) is 3.56. The Morgan fingerprint density at radius 3 is 2.04 bits per heavy atom. The minimum absolute atomic E-state index is 0.275. The van der Waals surface area contributed by atoms with Crippen LogP contribution in [-0.2, 0) is 14.6 Å². The molecule has 1 saturated heterocycles. The van der Waals surface area contributed by atoms with Crippen molar-refractivity contribution >= 4 is 32.0 Å². The molecule has 0 saturated carbocycles. The van der Waals surface area contributed by atoms with Gasteiger partial charge in [-0.2, -0.15) is 0 Å². The number of hydrogen-bond acceptors (Lipinski definition) is 2. The van der Waals surface area contributed by atoms with E-state index in [1.807, 2.05) is 0 Å². The van der Waals surface area contributed by atoms with Gasteiger partial charge in [0.1, 0.15) is 0 Å². The second kappa shape index (κ2) is 6.45. The first-order valence-electron chi connectivity index (χ1n) is 8.00. The summed E-state index contributed by atoms with van der Waals surface area (Å²) in [7, 11) is -0.275. The Labute approximate surface area is 145 Å². The Bertz CT molecular complexity index is 654. The zero-order valence-electron chi connectivity index (χ0n) is 14.2. The average molecular weight is 373 g/mol. The number of hydrogen-bond donors (Lipinski definition) is 0. The normalized spacial score (nSPS) is 19.0. The van der Waals surface area contributed by atoms with Gasteiger partial charge < -0.3 is 0 Å². The van der Waals surface area contributed by atoms with E-state index in [2.05, 4.69) is 82.3 Å². The molecule has 0 unspecified atom stereocenters. The standard InChI is InChI=1S/C19H23BO2Se/c1-18(2)19(3,4)22-20(21-18)17-13-9-8-10-15(17)14-23-16-11-6-5-7-12-16/h5-13H,14H2,1-4H3. The van der Waals surface area contributed by atoms with Gasteiger partial charge in [0, 0.05) is 0 Å². The van der Waals surface area contributed by atoms with Gasteiger partial charge in [-0.3, -0.25) is 0 Å². The molecule has 2 aromatic rings. The van der Waals surface area contributed by atoms with Crippen LogP contribution in [0.1, 0.15) is 33.3 Å². The van der Waals surface area contributed by atoms with Crippen molar-refractivity contribution in [2.75, 3.05) is 0 Å². The van der Waals surface area contributed by atoms with Crippen LogP contribution in [0.3, 0.4) is 0 Å². The summed E-state index contributed by atoms with van der Waals surface area (Å²) in [6.45, 7) is 8.40. The van der Waals surface area contributed by atoms with Gasteiger partial charge in [-0.05, 0) is 0 Å². The summed E-state index contributed by atoms with van der Waals surface area (Å²) >= 11 is 0.418. The van der Waals surface area contributed by atoms with Gasteiger partial charge in [0.05, 0.1) is 0 Å². The fourth-order valence-corrected chi connectivity index (χ4v) is 4.50. The molecule has 3 rings (SSSR count). The van der Waals surface area contributed by atoms with Crippen molar-refractivity contribution < 1.29 is 9.31 Å². The van der Waals surface area contributed by atoms with E-state index in [4.69, 9.17) is 9.31 Å². The molecule has 1 aliphatic heterocycles. The van der Waals surface area contributed by atoms with E-state index in [-0.39, 0.29) is 18.3 Å². The Balaban J connectivity index is 1.79. The van der Waals surface area contributed by atoms with Gasteiger partial charge in [-0.25, -0.2) is 0 Å². The van der Waals surface area contributed by atoms with Gasteiger partial charge in [0.15, 0.2) is 0 Å². The predicted octanol–water partition coefficient (Wildman–Crippen LogP) is 2.52. The molecule has 0 atom stereocenters. The molecule has 0 bridgehead atoms. The summed E-state index contributed by atoms with van der Waals surface area (Å²) in [5.74, 6) is 0. The molecule has 0 aliphatic carbocycles. The van der Waals surface area contributed by atoms with Gasteiger partial charge in [0.25, 0.3) is 0 Å². The molecule has 0 amide bonds. The van der Waals surface area contributed by atoms with Crippen LogP contribution in [0.2, 0.25) is 0 Å². The van der Waals surface area contributed by atoms with Crippen LogP contribution in [0.15, 0.2) is 54.6 Å². The van der Waals surface area contributed by atoms with E-state index < -0.39 is 0 Å². The van der Waals surface area contributed by atoms with E-state index in [0.717, 1.165) is 5.32 Å². The topological polar surface area (TPSA) is 18.5 Å². The van der Waals surface area contributed by atoms with Gasteiger partial charge >= 0.3 is 146 Å². The molecule has 1 aliphatic rings. The molecule has 1 fully saturated rings. The summed E-state index contributed by atoms with van der Waals surface area (Å²) in [5, 5.41) is 1.05. The Morgan fingerprint density at radius 2 is 1.39 bits per heavy atom. The molecule has 2 nitrogen and oxygen atoms in total. The molecule has 0 radical (unpaired) electrons. The first-order chi connectivity index (χ1) is 10.9. The molecule has 0 aromatic heterocycles. The van der Waals surface area contributed by atoms with Crippen molar-refractivity contribution in [3.05, 3.63) is 60.2 Å². The Hall–Kier alpha value is -1.06. The summed E-state index contributed by atoms with van der Waals surface area (Å²) in [6.07, 6.45) is 0. The molecular formula is C19H23BO2Se. The molecule has 2 aromatic carbocycles. The molecular weight excluding hydrogens is 350 g/mol. The second-order valence-electron chi connectivity index (χ2n) is 6.89. The molecule has 120 valence electrons. The molecule has 4 heteroatoms. The zero-order chi connectivity index (χ0) is 16.5. The Kier molecular flexibility index (Phi) is 4.71. The fourth-order valence-electron chi connectivity index (χ4n) is 2.54.